The third kappa shape index (κ3) is 5.10. The van der Waals surface area contributed by atoms with Crippen LogP contribution in [0.1, 0.15) is 32.1 Å². The highest BCUT2D eigenvalue weighted by Gasteiger charge is 2.12. The minimum absolute atomic E-state index is 0.478. The summed E-state index contributed by atoms with van der Waals surface area (Å²) in [4.78, 5) is 0. The molecule has 0 amide bonds. The molecule has 0 radical (unpaired) electrons. The first kappa shape index (κ1) is 14.7. The zero-order valence-corrected chi connectivity index (χ0v) is 11.8. The van der Waals surface area contributed by atoms with Crippen molar-refractivity contribution in [3.8, 4) is 11.8 Å². The first-order valence-corrected chi connectivity index (χ1v) is 7.32. The summed E-state index contributed by atoms with van der Waals surface area (Å²) in [5.41, 5.74) is 1.09. The Morgan fingerprint density at radius 3 is 3.20 bits per heavy atom. The maximum atomic E-state index is 8.49. The molecule has 1 aromatic carbocycles. The van der Waals surface area contributed by atoms with Gasteiger partial charge in [0.05, 0.1) is 12.7 Å². The number of unbranched alkanes of at least 4 members (excludes halogenated alkanes) is 1. The van der Waals surface area contributed by atoms with Gasteiger partial charge in [-0.2, -0.15) is 5.26 Å². The van der Waals surface area contributed by atoms with Crippen molar-refractivity contribution in [3.05, 3.63) is 24.3 Å². The van der Waals surface area contributed by atoms with Gasteiger partial charge in [0.15, 0.2) is 0 Å². The first-order valence-electron chi connectivity index (χ1n) is 7.32. The molecule has 1 atom stereocenters. The number of hydrogen-bond donors (Lipinski definition) is 1. The lowest BCUT2D eigenvalue weighted by molar-refractivity contribution is 0.144. The molecule has 20 heavy (non-hydrogen) atoms. The van der Waals surface area contributed by atoms with Crippen LogP contribution in [0.3, 0.4) is 0 Å². The summed E-state index contributed by atoms with van der Waals surface area (Å²) in [5.74, 6) is 0.859. The van der Waals surface area contributed by atoms with E-state index in [9.17, 15) is 0 Å². The standard InChI is InChI=1S/C16H22N2O2/c17-9-1-2-11-20-16-7-3-5-15(13-16)18-14-6-4-10-19-12-8-14/h3,5,7,13-14,18H,1-2,4,6,8,10-12H2. The molecule has 1 aromatic rings. The van der Waals surface area contributed by atoms with Crippen LogP contribution in [0, 0.1) is 11.3 Å². The Bertz CT molecular complexity index is 434. The second-order valence-electron chi connectivity index (χ2n) is 5.02. The van der Waals surface area contributed by atoms with E-state index in [4.69, 9.17) is 14.7 Å². The first-order chi connectivity index (χ1) is 9.88. The molecule has 0 aliphatic carbocycles. The van der Waals surface area contributed by atoms with E-state index in [-0.39, 0.29) is 0 Å². The molecule has 1 fully saturated rings. The average molecular weight is 274 g/mol. The summed E-state index contributed by atoms with van der Waals surface area (Å²) in [6.07, 6.45) is 4.62. The van der Waals surface area contributed by atoms with Crippen LogP contribution in [0.15, 0.2) is 24.3 Å². The van der Waals surface area contributed by atoms with Crippen LogP contribution in [-0.4, -0.2) is 25.9 Å². The normalized spacial score (nSPS) is 18.9. The van der Waals surface area contributed by atoms with Crippen molar-refractivity contribution < 1.29 is 9.47 Å². The molecule has 4 nitrogen and oxygen atoms in total. The van der Waals surface area contributed by atoms with Crippen LogP contribution < -0.4 is 10.1 Å². The summed E-state index contributed by atoms with van der Waals surface area (Å²) in [7, 11) is 0. The molecule has 2 rings (SSSR count). The monoisotopic (exact) mass is 274 g/mol. The number of anilines is 1. The van der Waals surface area contributed by atoms with Crippen molar-refractivity contribution in [2.75, 3.05) is 25.1 Å². The number of nitriles is 1. The predicted molar refractivity (Wildman–Crippen MR) is 78.9 cm³/mol. The Balaban J connectivity index is 1.83. The lowest BCUT2D eigenvalue weighted by Crippen LogP contribution is -2.19. The molecule has 1 unspecified atom stereocenters. The molecule has 1 aliphatic heterocycles. The number of ether oxygens (including phenoxy) is 2. The van der Waals surface area contributed by atoms with E-state index in [0.717, 1.165) is 50.3 Å². The summed E-state index contributed by atoms with van der Waals surface area (Å²) in [6.45, 7) is 2.30. The van der Waals surface area contributed by atoms with Gasteiger partial charge in [-0.3, -0.25) is 0 Å². The van der Waals surface area contributed by atoms with Gasteiger partial charge in [0.25, 0.3) is 0 Å². The summed E-state index contributed by atoms with van der Waals surface area (Å²) < 4.78 is 11.1. The third-order valence-electron chi connectivity index (χ3n) is 3.36. The van der Waals surface area contributed by atoms with Gasteiger partial charge in [-0.25, -0.2) is 0 Å². The van der Waals surface area contributed by atoms with Crippen molar-refractivity contribution in [1.29, 1.82) is 5.26 Å². The van der Waals surface area contributed by atoms with Gasteiger partial charge in [-0.15, -0.1) is 0 Å². The van der Waals surface area contributed by atoms with Gasteiger partial charge in [-0.1, -0.05) is 6.07 Å². The molecule has 1 N–H and O–H groups in total. The number of hydrogen-bond acceptors (Lipinski definition) is 4. The fourth-order valence-electron chi connectivity index (χ4n) is 2.30. The van der Waals surface area contributed by atoms with Gasteiger partial charge in [0.2, 0.25) is 0 Å². The SMILES string of the molecule is N#CCCCOc1cccc(NC2CCCOCC2)c1. The lowest BCUT2D eigenvalue weighted by atomic mass is 10.1. The molecule has 0 saturated carbocycles. The van der Waals surface area contributed by atoms with Crippen LogP contribution in [0.25, 0.3) is 0 Å². The summed E-state index contributed by atoms with van der Waals surface area (Å²) in [6, 6.07) is 10.6. The van der Waals surface area contributed by atoms with E-state index in [0.29, 0.717) is 19.1 Å². The Morgan fingerprint density at radius 1 is 1.35 bits per heavy atom. The minimum atomic E-state index is 0.478. The van der Waals surface area contributed by atoms with E-state index in [1.165, 1.54) is 0 Å². The van der Waals surface area contributed by atoms with E-state index < -0.39 is 0 Å². The Morgan fingerprint density at radius 2 is 2.30 bits per heavy atom. The summed E-state index contributed by atoms with van der Waals surface area (Å²) >= 11 is 0. The highest BCUT2D eigenvalue weighted by molar-refractivity contribution is 5.48. The Labute approximate surface area is 120 Å². The van der Waals surface area contributed by atoms with Crippen LogP contribution in [-0.2, 0) is 4.74 Å². The fraction of sp³-hybridized carbons (Fsp3) is 0.562. The van der Waals surface area contributed by atoms with E-state index in [1.807, 2.05) is 18.2 Å². The van der Waals surface area contributed by atoms with Gasteiger partial charge in [0.1, 0.15) is 5.75 Å². The Kier molecular flexibility index (Phi) is 6.19. The zero-order valence-electron chi connectivity index (χ0n) is 11.8. The van der Waals surface area contributed by atoms with E-state index in [1.54, 1.807) is 0 Å². The van der Waals surface area contributed by atoms with Gasteiger partial charge >= 0.3 is 0 Å². The third-order valence-corrected chi connectivity index (χ3v) is 3.36. The quantitative estimate of drug-likeness (QED) is 0.808. The number of nitrogens with zero attached hydrogens (tertiary/aromatic N) is 1. The fourth-order valence-corrected chi connectivity index (χ4v) is 2.30. The minimum Gasteiger partial charge on any atom is -0.493 e. The number of benzene rings is 1. The zero-order chi connectivity index (χ0) is 14.0. The lowest BCUT2D eigenvalue weighted by Gasteiger charge is -2.17. The van der Waals surface area contributed by atoms with Crippen LogP contribution >= 0.6 is 0 Å². The molecule has 0 bridgehead atoms. The second kappa shape index (κ2) is 8.44. The van der Waals surface area contributed by atoms with Crippen molar-refractivity contribution in [1.82, 2.24) is 0 Å². The topological polar surface area (TPSA) is 54.3 Å². The molecule has 0 spiro atoms. The molecule has 108 valence electrons. The number of nitrogens with one attached hydrogen (secondary N) is 1. The molecule has 1 heterocycles. The highest BCUT2D eigenvalue weighted by Crippen LogP contribution is 2.21. The van der Waals surface area contributed by atoms with Crippen LogP contribution in [0.5, 0.6) is 5.75 Å². The molecule has 0 aromatic heterocycles. The highest BCUT2D eigenvalue weighted by atomic mass is 16.5. The molecule has 4 heteroatoms. The van der Waals surface area contributed by atoms with E-state index in [2.05, 4.69) is 17.5 Å². The van der Waals surface area contributed by atoms with E-state index >= 15 is 0 Å². The van der Waals surface area contributed by atoms with Crippen molar-refractivity contribution in [3.63, 3.8) is 0 Å². The van der Waals surface area contributed by atoms with Gasteiger partial charge in [-0.05, 0) is 37.8 Å². The Hall–Kier alpha value is -1.73. The van der Waals surface area contributed by atoms with Crippen molar-refractivity contribution in [2.45, 2.75) is 38.1 Å². The maximum Gasteiger partial charge on any atom is 0.121 e. The van der Waals surface area contributed by atoms with Crippen molar-refractivity contribution >= 4 is 5.69 Å². The second-order valence-corrected chi connectivity index (χ2v) is 5.02. The summed E-state index contributed by atoms with van der Waals surface area (Å²) in [5, 5.41) is 12.0. The maximum absolute atomic E-state index is 8.49. The smallest absolute Gasteiger partial charge is 0.121 e. The predicted octanol–water partition coefficient (Wildman–Crippen LogP) is 3.35. The van der Waals surface area contributed by atoms with Gasteiger partial charge < -0.3 is 14.8 Å². The molecular weight excluding hydrogens is 252 g/mol. The molecule has 1 aliphatic rings. The molecular formula is C16H22N2O2. The van der Waals surface area contributed by atoms with Crippen molar-refractivity contribution in [2.24, 2.45) is 0 Å². The van der Waals surface area contributed by atoms with Crippen LogP contribution in [0.4, 0.5) is 5.69 Å². The molecule has 1 saturated heterocycles. The van der Waals surface area contributed by atoms with Crippen LogP contribution in [0.2, 0.25) is 0 Å². The number of rotatable bonds is 6. The largest absolute Gasteiger partial charge is 0.493 e. The average Bonchev–Trinajstić information content (AvgIpc) is 2.73. The van der Waals surface area contributed by atoms with Gasteiger partial charge in [0, 0.05) is 37.4 Å².